The molecule has 0 saturated heterocycles. The monoisotopic (exact) mass is 243 g/mol. The molecule has 1 rings (SSSR count). The number of aliphatic carboxylic acids is 1. The summed E-state index contributed by atoms with van der Waals surface area (Å²) in [5.41, 5.74) is 0. The highest BCUT2D eigenvalue weighted by Crippen LogP contribution is 2.28. The molecule has 98 valence electrons. The molecule has 1 saturated carbocycles. The average Bonchev–Trinajstić information content (AvgIpc) is 3.08. The van der Waals surface area contributed by atoms with Gasteiger partial charge in [0.1, 0.15) is 12.6 Å². The zero-order valence-corrected chi connectivity index (χ0v) is 10.4. The number of carboxylic acid groups (broad SMARTS) is 1. The Morgan fingerprint density at radius 2 is 2.12 bits per heavy atom. The third kappa shape index (κ3) is 5.17. The molecule has 2 N–H and O–H groups in total. The predicted molar refractivity (Wildman–Crippen MR) is 62.6 cm³/mol. The molecular formula is C12H21NO4. The van der Waals surface area contributed by atoms with Crippen LogP contribution in [0.5, 0.6) is 0 Å². The summed E-state index contributed by atoms with van der Waals surface area (Å²) in [6.45, 7) is 4.27. The van der Waals surface area contributed by atoms with Gasteiger partial charge in [-0.05, 0) is 24.7 Å². The number of hydrogen-bond donors (Lipinski definition) is 2. The Balaban J connectivity index is 2.26. The number of carboxylic acids is 1. The molecule has 0 bridgehead atoms. The van der Waals surface area contributed by atoms with E-state index in [9.17, 15) is 9.59 Å². The number of rotatable bonds is 8. The van der Waals surface area contributed by atoms with E-state index < -0.39 is 12.0 Å². The molecule has 5 heteroatoms. The van der Waals surface area contributed by atoms with E-state index in [-0.39, 0.29) is 18.4 Å². The van der Waals surface area contributed by atoms with Gasteiger partial charge in [0.15, 0.2) is 0 Å². The zero-order valence-electron chi connectivity index (χ0n) is 10.4. The SMILES string of the molecule is CCC(C)C(NC(=O)COCC1CC1)C(=O)O. The van der Waals surface area contributed by atoms with Crippen molar-refractivity contribution in [3.05, 3.63) is 0 Å². The second-order valence-corrected chi connectivity index (χ2v) is 4.73. The smallest absolute Gasteiger partial charge is 0.326 e. The molecule has 1 aliphatic carbocycles. The van der Waals surface area contributed by atoms with Crippen molar-refractivity contribution in [2.45, 2.75) is 39.2 Å². The van der Waals surface area contributed by atoms with E-state index in [0.717, 1.165) is 0 Å². The number of hydrogen-bond acceptors (Lipinski definition) is 3. The normalized spacial score (nSPS) is 18.5. The average molecular weight is 243 g/mol. The predicted octanol–water partition coefficient (Wildman–Crippen LogP) is 1.03. The summed E-state index contributed by atoms with van der Waals surface area (Å²) in [6, 6.07) is -0.822. The molecule has 0 aromatic heterocycles. The fourth-order valence-corrected chi connectivity index (χ4v) is 1.50. The Morgan fingerprint density at radius 3 is 2.59 bits per heavy atom. The summed E-state index contributed by atoms with van der Waals surface area (Å²) in [7, 11) is 0. The van der Waals surface area contributed by atoms with Crippen molar-refractivity contribution in [3.63, 3.8) is 0 Å². The summed E-state index contributed by atoms with van der Waals surface area (Å²) in [4.78, 5) is 22.5. The molecule has 2 atom stereocenters. The quantitative estimate of drug-likeness (QED) is 0.667. The van der Waals surface area contributed by atoms with Crippen molar-refractivity contribution in [1.29, 1.82) is 0 Å². The first-order valence-corrected chi connectivity index (χ1v) is 6.14. The molecule has 0 aliphatic heterocycles. The lowest BCUT2D eigenvalue weighted by molar-refractivity contribution is -0.144. The maximum atomic E-state index is 11.5. The summed E-state index contributed by atoms with van der Waals surface area (Å²) < 4.78 is 5.21. The Labute approximate surface area is 102 Å². The van der Waals surface area contributed by atoms with Gasteiger partial charge < -0.3 is 15.2 Å². The number of nitrogens with one attached hydrogen (secondary N) is 1. The van der Waals surface area contributed by atoms with Gasteiger partial charge in [0.05, 0.1) is 6.61 Å². The molecule has 0 spiro atoms. The lowest BCUT2D eigenvalue weighted by atomic mass is 9.99. The van der Waals surface area contributed by atoms with Crippen LogP contribution in [0.4, 0.5) is 0 Å². The van der Waals surface area contributed by atoms with Crippen molar-refractivity contribution in [2.75, 3.05) is 13.2 Å². The summed E-state index contributed by atoms with van der Waals surface area (Å²) >= 11 is 0. The second-order valence-electron chi connectivity index (χ2n) is 4.73. The van der Waals surface area contributed by atoms with Crippen LogP contribution >= 0.6 is 0 Å². The Hall–Kier alpha value is -1.10. The Bertz CT molecular complexity index is 276. The van der Waals surface area contributed by atoms with Crippen LogP contribution in [-0.2, 0) is 14.3 Å². The topological polar surface area (TPSA) is 75.6 Å². The van der Waals surface area contributed by atoms with E-state index in [0.29, 0.717) is 18.9 Å². The van der Waals surface area contributed by atoms with Crippen LogP contribution in [0.3, 0.4) is 0 Å². The van der Waals surface area contributed by atoms with E-state index >= 15 is 0 Å². The highest BCUT2D eigenvalue weighted by Gasteiger charge is 2.26. The first-order valence-electron chi connectivity index (χ1n) is 6.14. The molecule has 0 aromatic carbocycles. The maximum Gasteiger partial charge on any atom is 0.326 e. The number of carbonyl (C=O) groups is 2. The van der Waals surface area contributed by atoms with Crippen LogP contribution in [-0.4, -0.2) is 36.2 Å². The third-order valence-electron chi connectivity index (χ3n) is 3.08. The van der Waals surface area contributed by atoms with Gasteiger partial charge in [0.25, 0.3) is 0 Å². The van der Waals surface area contributed by atoms with Gasteiger partial charge in [-0.1, -0.05) is 20.3 Å². The van der Waals surface area contributed by atoms with Gasteiger partial charge in [-0.2, -0.15) is 0 Å². The van der Waals surface area contributed by atoms with Crippen molar-refractivity contribution >= 4 is 11.9 Å². The lowest BCUT2D eigenvalue weighted by Crippen LogP contribution is -2.46. The third-order valence-corrected chi connectivity index (χ3v) is 3.08. The molecule has 1 fully saturated rings. The molecule has 5 nitrogen and oxygen atoms in total. The number of ether oxygens (including phenoxy) is 1. The van der Waals surface area contributed by atoms with Crippen molar-refractivity contribution in [1.82, 2.24) is 5.32 Å². The fourth-order valence-electron chi connectivity index (χ4n) is 1.50. The van der Waals surface area contributed by atoms with Gasteiger partial charge in [0.2, 0.25) is 5.91 Å². The summed E-state index contributed by atoms with van der Waals surface area (Å²) in [6.07, 6.45) is 3.05. The molecule has 0 radical (unpaired) electrons. The minimum atomic E-state index is -0.991. The van der Waals surface area contributed by atoms with Crippen LogP contribution in [0.25, 0.3) is 0 Å². The van der Waals surface area contributed by atoms with Gasteiger partial charge in [-0.3, -0.25) is 4.79 Å². The van der Waals surface area contributed by atoms with Crippen molar-refractivity contribution < 1.29 is 19.4 Å². The van der Waals surface area contributed by atoms with Crippen molar-refractivity contribution in [2.24, 2.45) is 11.8 Å². The van der Waals surface area contributed by atoms with E-state index in [1.54, 1.807) is 0 Å². The molecular weight excluding hydrogens is 222 g/mol. The van der Waals surface area contributed by atoms with E-state index in [1.807, 2.05) is 13.8 Å². The largest absolute Gasteiger partial charge is 0.480 e. The van der Waals surface area contributed by atoms with Gasteiger partial charge >= 0.3 is 5.97 Å². The highest BCUT2D eigenvalue weighted by molar-refractivity contribution is 5.84. The van der Waals surface area contributed by atoms with Crippen LogP contribution in [0.15, 0.2) is 0 Å². The minimum Gasteiger partial charge on any atom is -0.480 e. The van der Waals surface area contributed by atoms with Crippen LogP contribution < -0.4 is 5.32 Å². The minimum absolute atomic E-state index is 0.0449. The summed E-state index contributed by atoms with van der Waals surface area (Å²) in [5.74, 6) is -0.819. The summed E-state index contributed by atoms with van der Waals surface area (Å²) in [5, 5.41) is 11.5. The fraction of sp³-hybridized carbons (Fsp3) is 0.833. The lowest BCUT2D eigenvalue weighted by Gasteiger charge is -2.20. The molecule has 1 amide bonds. The zero-order chi connectivity index (χ0) is 12.8. The van der Waals surface area contributed by atoms with E-state index in [1.165, 1.54) is 12.8 Å². The molecule has 1 aliphatic rings. The maximum absolute atomic E-state index is 11.5. The van der Waals surface area contributed by atoms with Crippen LogP contribution in [0.1, 0.15) is 33.1 Å². The standard InChI is InChI=1S/C12H21NO4/c1-3-8(2)11(12(15)16)13-10(14)7-17-6-9-4-5-9/h8-9,11H,3-7H2,1-2H3,(H,13,14)(H,15,16). The first kappa shape index (κ1) is 14.0. The first-order chi connectivity index (χ1) is 8.04. The Morgan fingerprint density at radius 1 is 1.47 bits per heavy atom. The number of amides is 1. The van der Waals surface area contributed by atoms with Gasteiger partial charge in [-0.25, -0.2) is 4.79 Å². The molecule has 17 heavy (non-hydrogen) atoms. The van der Waals surface area contributed by atoms with Crippen molar-refractivity contribution in [3.8, 4) is 0 Å². The molecule has 2 unspecified atom stereocenters. The van der Waals surface area contributed by atoms with Crippen LogP contribution in [0.2, 0.25) is 0 Å². The van der Waals surface area contributed by atoms with Gasteiger partial charge in [0, 0.05) is 0 Å². The Kier molecular flexibility index (Phi) is 5.41. The number of carbonyl (C=O) groups excluding carboxylic acids is 1. The van der Waals surface area contributed by atoms with E-state index in [4.69, 9.17) is 9.84 Å². The van der Waals surface area contributed by atoms with E-state index in [2.05, 4.69) is 5.32 Å². The molecule has 0 heterocycles. The molecule has 0 aromatic rings. The van der Waals surface area contributed by atoms with Gasteiger partial charge in [-0.15, -0.1) is 0 Å². The highest BCUT2D eigenvalue weighted by atomic mass is 16.5. The second kappa shape index (κ2) is 6.59. The van der Waals surface area contributed by atoms with Crippen LogP contribution in [0, 0.1) is 11.8 Å².